The zero-order chi connectivity index (χ0) is 18.8. The summed E-state index contributed by atoms with van der Waals surface area (Å²) in [5.41, 5.74) is 3.07. The van der Waals surface area contributed by atoms with Gasteiger partial charge in [-0.3, -0.25) is 9.69 Å². The molecule has 1 fully saturated rings. The second-order valence-electron chi connectivity index (χ2n) is 6.61. The number of ether oxygens (including phenoxy) is 2. The molecule has 27 heavy (non-hydrogen) atoms. The molecule has 4 nitrogen and oxygen atoms in total. The number of methoxy groups -OCH3 is 1. The second kappa shape index (κ2) is 7.16. The Hall–Kier alpha value is -3.27. The van der Waals surface area contributed by atoms with Crippen LogP contribution in [0.15, 0.2) is 78.9 Å². The highest BCUT2D eigenvalue weighted by atomic mass is 16.5. The van der Waals surface area contributed by atoms with E-state index in [1.807, 2.05) is 54.6 Å². The topological polar surface area (TPSA) is 38.8 Å². The van der Waals surface area contributed by atoms with Crippen molar-refractivity contribution in [2.45, 2.75) is 19.1 Å². The molecule has 0 saturated carbocycles. The summed E-state index contributed by atoms with van der Waals surface area (Å²) in [6.07, 6.45) is -0.544. The maximum Gasteiger partial charge on any atom is 0.271 e. The lowest BCUT2D eigenvalue weighted by Gasteiger charge is -2.46. The third kappa shape index (κ3) is 3.26. The lowest BCUT2D eigenvalue weighted by Crippen LogP contribution is -2.61. The summed E-state index contributed by atoms with van der Waals surface area (Å²) in [4.78, 5) is 14.7. The number of para-hydroxylation sites is 1. The Morgan fingerprint density at radius 1 is 0.815 bits per heavy atom. The molecule has 3 aromatic carbocycles. The van der Waals surface area contributed by atoms with Crippen LogP contribution in [0.2, 0.25) is 0 Å². The highest BCUT2D eigenvalue weighted by Crippen LogP contribution is 2.41. The van der Waals surface area contributed by atoms with Crippen LogP contribution in [0.1, 0.15) is 17.2 Å². The van der Waals surface area contributed by atoms with Gasteiger partial charge in [-0.15, -0.1) is 0 Å². The number of carbonyl (C=O) groups excluding carboxylic acids is 1. The minimum absolute atomic E-state index is 0.0467. The summed E-state index contributed by atoms with van der Waals surface area (Å²) in [7, 11) is 1.63. The normalized spacial score (nSPS) is 18.7. The van der Waals surface area contributed by atoms with Crippen LogP contribution in [0, 0.1) is 6.92 Å². The van der Waals surface area contributed by atoms with Gasteiger partial charge in [0.2, 0.25) is 6.10 Å². The van der Waals surface area contributed by atoms with Crippen molar-refractivity contribution in [3.8, 4) is 11.5 Å². The molecule has 0 aromatic heterocycles. The molecule has 1 aliphatic rings. The second-order valence-corrected chi connectivity index (χ2v) is 6.61. The van der Waals surface area contributed by atoms with E-state index in [1.54, 1.807) is 12.0 Å². The molecule has 3 aromatic rings. The predicted molar refractivity (Wildman–Crippen MR) is 105 cm³/mol. The zero-order valence-electron chi connectivity index (χ0n) is 15.3. The van der Waals surface area contributed by atoms with Crippen molar-refractivity contribution < 1.29 is 14.3 Å². The molecule has 1 amide bonds. The molecular weight excluding hydrogens is 338 g/mol. The number of benzene rings is 3. The highest BCUT2D eigenvalue weighted by Gasteiger charge is 2.51. The van der Waals surface area contributed by atoms with Gasteiger partial charge in [0, 0.05) is 5.69 Å². The lowest BCUT2D eigenvalue weighted by molar-refractivity contribution is -0.135. The Balaban J connectivity index is 1.67. The van der Waals surface area contributed by atoms with Crippen molar-refractivity contribution in [1.82, 2.24) is 0 Å². The largest absolute Gasteiger partial charge is 0.497 e. The maximum atomic E-state index is 12.9. The van der Waals surface area contributed by atoms with E-state index in [0.717, 1.165) is 17.0 Å². The van der Waals surface area contributed by atoms with E-state index in [9.17, 15) is 4.79 Å². The van der Waals surface area contributed by atoms with Crippen LogP contribution in [-0.2, 0) is 4.79 Å². The van der Waals surface area contributed by atoms with Crippen LogP contribution in [0.5, 0.6) is 11.5 Å². The van der Waals surface area contributed by atoms with Crippen LogP contribution >= 0.6 is 0 Å². The smallest absolute Gasteiger partial charge is 0.271 e. The fourth-order valence-corrected chi connectivity index (χ4v) is 3.34. The monoisotopic (exact) mass is 359 g/mol. The number of aryl methyl sites for hydroxylation is 1. The number of hydrogen-bond donors (Lipinski definition) is 0. The molecule has 4 heteroatoms. The van der Waals surface area contributed by atoms with E-state index in [-0.39, 0.29) is 11.9 Å². The van der Waals surface area contributed by atoms with Gasteiger partial charge in [0.15, 0.2) is 0 Å². The Morgan fingerprint density at radius 3 is 2.11 bits per heavy atom. The first kappa shape index (κ1) is 17.2. The number of anilines is 1. The molecule has 2 atom stereocenters. The standard InChI is InChI=1S/C23H21NO3/c1-16-8-10-17(11-9-16)21-22(27-20-6-4-3-5-7-20)23(25)24(21)18-12-14-19(26-2)15-13-18/h3-15,21-22H,1-2H3/t21-,22+/m1/s1. The Labute approximate surface area is 159 Å². The maximum absolute atomic E-state index is 12.9. The highest BCUT2D eigenvalue weighted by molar-refractivity contribution is 6.05. The number of nitrogens with zero attached hydrogens (tertiary/aromatic N) is 1. The van der Waals surface area contributed by atoms with Crippen LogP contribution in [-0.4, -0.2) is 19.1 Å². The van der Waals surface area contributed by atoms with Gasteiger partial charge in [0.25, 0.3) is 5.91 Å². The van der Waals surface area contributed by atoms with Crippen molar-refractivity contribution in [3.05, 3.63) is 90.0 Å². The molecule has 0 aliphatic carbocycles. The summed E-state index contributed by atoms with van der Waals surface area (Å²) in [6.45, 7) is 2.05. The van der Waals surface area contributed by atoms with E-state index >= 15 is 0 Å². The molecule has 0 radical (unpaired) electrons. The summed E-state index contributed by atoms with van der Waals surface area (Å²) in [5, 5.41) is 0. The van der Waals surface area contributed by atoms with Crippen LogP contribution in [0.25, 0.3) is 0 Å². The molecule has 1 aliphatic heterocycles. The molecule has 0 spiro atoms. The average molecular weight is 359 g/mol. The van der Waals surface area contributed by atoms with Gasteiger partial charge < -0.3 is 9.47 Å². The quantitative estimate of drug-likeness (QED) is 0.628. The third-order valence-corrected chi connectivity index (χ3v) is 4.82. The summed E-state index contributed by atoms with van der Waals surface area (Å²) < 4.78 is 11.3. The van der Waals surface area contributed by atoms with Gasteiger partial charge >= 0.3 is 0 Å². The number of carbonyl (C=O) groups is 1. The molecule has 1 heterocycles. The fraction of sp³-hybridized carbons (Fsp3) is 0.174. The van der Waals surface area contributed by atoms with Crippen LogP contribution in [0.4, 0.5) is 5.69 Å². The molecule has 4 rings (SSSR count). The van der Waals surface area contributed by atoms with E-state index < -0.39 is 6.10 Å². The van der Waals surface area contributed by atoms with Gasteiger partial charge in [-0.2, -0.15) is 0 Å². The van der Waals surface area contributed by atoms with Gasteiger partial charge in [-0.1, -0.05) is 48.0 Å². The van der Waals surface area contributed by atoms with E-state index in [2.05, 4.69) is 31.2 Å². The summed E-state index contributed by atoms with van der Waals surface area (Å²) in [5.74, 6) is 1.41. The van der Waals surface area contributed by atoms with Crippen molar-refractivity contribution in [3.63, 3.8) is 0 Å². The number of rotatable bonds is 5. The van der Waals surface area contributed by atoms with Crippen molar-refractivity contribution in [2.75, 3.05) is 12.0 Å². The first-order valence-electron chi connectivity index (χ1n) is 8.93. The molecular formula is C23H21NO3. The molecule has 0 bridgehead atoms. The Kier molecular flexibility index (Phi) is 4.55. The first-order chi connectivity index (χ1) is 13.2. The third-order valence-electron chi connectivity index (χ3n) is 4.82. The molecule has 136 valence electrons. The van der Waals surface area contributed by atoms with Gasteiger partial charge in [0.1, 0.15) is 17.5 Å². The Morgan fingerprint density at radius 2 is 1.48 bits per heavy atom. The number of amides is 1. The first-order valence-corrected chi connectivity index (χ1v) is 8.93. The average Bonchev–Trinajstić information content (AvgIpc) is 2.72. The van der Waals surface area contributed by atoms with Gasteiger partial charge in [-0.05, 0) is 48.9 Å². The molecule has 0 N–H and O–H groups in total. The lowest BCUT2D eigenvalue weighted by atomic mass is 9.89. The SMILES string of the molecule is COc1ccc(N2C(=O)[C@@H](Oc3ccccc3)[C@H]2c2ccc(C)cc2)cc1. The number of β-lactam (4-membered cyclic amide) rings is 1. The predicted octanol–water partition coefficient (Wildman–Crippen LogP) is 4.54. The summed E-state index contributed by atoms with van der Waals surface area (Å²) in [6, 6.07) is 25.1. The fourth-order valence-electron chi connectivity index (χ4n) is 3.34. The van der Waals surface area contributed by atoms with Crippen molar-refractivity contribution in [1.29, 1.82) is 0 Å². The minimum Gasteiger partial charge on any atom is -0.497 e. The number of hydrogen-bond acceptors (Lipinski definition) is 3. The van der Waals surface area contributed by atoms with E-state index in [4.69, 9.17) is 9.47 Å². The van der Waals surface area contributed by atoms with Crippen molar-refractivity contribution >= 4 is 11.6 Å². The summed E-state index contributed by atoms with van der Waals surface area (Å²) >= 11 is 0. The minimum atomic E-state index is -0.544. The molecule has 0 unspecified atom stereocenters. The van der Waals surface area contributed by atoms with E-state index in [0.29, 0.717) is 5.75 Å². The zero-order valence-corrected chi connectivity index (χ0v) is 15.3. The Bertz CT molecular complexity index is 920. The van der Waals surface area contributed by atoms with Gasteiger partial charge in [-0.25, -0.2) is 0 Å². The van der Waals surface area contributed by atoms with Crippen molar-refractivity contribution in [2.24, 2.45) is 0 Å². The van der Waals surface area contributed by atoms with E-state index in [1.165, 1.54) is 5.56 Å². The van der Waals surface area contributed by atoms with Crippen LogP contribution < -0.4 is 14.4 Å². The van der Waals surface area contributed by atoms with Gasteiger partial charge in [0.05, 0.1) is 7.11 Å². The van der Waals surface area contributed by atoms with Crippen LogP contribution in [0.3, 0.4) is 0 Å². The molecule has 1 saturated heterocycles.